The quantitative estimate of drug-likeness (QED) is 0.443. The number of rotatable bonds is 5. The minimum atomic E-state index is -0.662. The van der Waals surface area contributed by atoms with Crippen LogP contribution < -0.4 is 10.2 Å². The van der Waals surface area contributed by atoms with E-state index < -0.39 is 18.5 Å². The average molecular weight is 432 g/mol. The first-order chi connectivity index (χ1) is 15.4. The van der Waals surface area contributed by atoms with Crippen molar-refractivity contribution in [2.45, 2.75) is 26.7 Å². The van der Waals surface area contributed by atoms with Gasteiger partial charge in [0, 0.05) is 5.69 Å². The van der Waals surface area contributed by atoms with Crippen LogP contribution in [-0.2, 0) is 19.1 Å². The lowest BCUT2D eigenvalue weighted by atomic mass is 9.85. The molecule has 7 nitrogen and oxygen atoms in total. The summed E-state index contributed by atoms with van der Waals surface area (Å²) in [6.07, 6.45) is 5.01. The van der Waals surface area contributed by atoms with Crippen molar-refractivity contribution < 1.29 is 23.9 Å². The maximum Gasteiger partial charge on any atom is 0.338 e. The molecule has 1 heterocycles. The van der Waals surface area contributed by atoms with Gasteiger partial charge in [0.1, 0.15) is 0 Å². The van der Waals surface area contributed by atoms with Gasteiger partial charge in [0.2, 0.25) is 11.8 Å². The Balaban J connectivity index is 1.36. The van der Waals surface area contributed by atoms with Gasteiger partial charge in [0.25, 0.3) is 5.91 Å². The third kappa shape index (κ3) is 4.06. The van der Waals surface area contributed by atoms with E-state index in [-0.39, 0.29) is 29.2 Å². The molecule has 2 aliphatic rings. The van der Waals surface area contributed by atoms with Crippen LogP contribution in [0.25, 0.3) is 0 Å². The molecule has 0 bridgehead atoms. The number of ether oxygens (including phenoxy) is 1. The zero-order valence-electron chi connectivity index (χ0n) is 18.0. The van der Waals surface area contributed by atoms with Crippen molar-refractivity contribution in [1.82, 2.24) is 0 Å². The maximum atomic E-state index is 12.7. The molecule has 4 rings (SSSR count). The molecule has 1 fully saturated rings. The molecule has 3 amide bonds. The number of fused-ring (bicyclic) bond motifs is 1. The number of allylic oxidation sites excluding steroid dienone is 2. The van der Waals surface area contributed by atoms with Gasteiger partial charge in [-0.05, 0) is 68.1 Å². The summed E-state index contributed by atoms with van der Waals surface area (Å²) >= 11 is 0. The Hall–Kier alpha value is -3.74. The third-order valence-corrected chi connectivity index (χ3v) is 6.08. The highest BCUT2D eigenvalue weighted by molar-refractivity contribution is 6.22. The van der Waals surface area contributed by atoms with E-state index in [4.69, 9.17) is 4.74 Å². The van der Waals surface area contributed by atoms with Crippen molar-refractivity contribution in [3.63, 3.8) is 0 Å². The number of nitrogens with zero attached hydrogens (tertiary/aromatic N) is 1. The van der Waals surface area contributed by atoms with Crippen LogP contribution in [0, 0.1) is 25.7 Å². The number of carbonyl (C=O) groups excluding carboxylic acids is 4. The number of hydrogen-bond acceptors (Lipinski definition) is 5. The lowest BCUT2D eigenvalue weighted by Crippen LogP contribution is -2.30. The molecule has 1 saturated heterocycles. The standard InChI is InChI=1S/C25H24N2O5/c1-15-6-5-9-21(16(15)2)26-22(28)14-32-25(31)17-10-12-18(13-11-17)27-23(29)19-7-3-4-8-20(19)24(27)30/h3-6,9-13,19-20H,7-8,14H2,1-2H3,(H,26,28)/t19-,20-/m1/s1. The van der Waals surface area contributed by atoms with Crippen LogP contribution in [0.1, 0.15) is 34.3 Å². The van der Waals surface area contributed by atoms with Crippen LogP contribution in [0.2, 0.25) is 0 Å². The minimum Gasteiger partial charge on any atom is -0.452 e. The van der Waals surface area contributed by atoms with Crippen molar-refractivity contribution >= 4 is 35.1 Å². The fraction of sp³-hybridized carbons (Fsp3) is 0.280. The van der Waals surface area contributed by atoms with Gasteiger partial charge in [-0.25, -0.2) is 4.79 Å². The molecule has 2 atom stereocenters. The molecule has 1 aliphatic heterocycles. The Morgan fingerprint density at radius 2 is 1.59 bits per heavy atom. The van der Waals surface area contributed by atoms with Gasteiger partial charge >= 0.3 is 5.97 Å². The number of imide groups is 1. The van der Waals surface area contributed by atoms with E-state index in [1.165, 1.54) is 17.0 Å². The Labute approximate surface area is 186 Å². The molecule has 32 heavy (non-hydrogen) atoms. The SMILES string of the molecule is Cc1cccc(NC(=O)COC(=O)c2ccc(N3C(=O)[C@@H]4CC=CC[C@H]4C3=O)cc2)c1C. The highest BCUT2D eigenvalue weighted by Gasteiger charge is 2.47. The van der Waals surface area contributed by atoms with Gasteiger partial charge in [0.05, 0.1) is 23.1 Å². The molecule has 7 heteroatoms. The first kappa shape index (κ1) is 21.5. The number of nitrogens with one attached hydrogen (secondary N) is 1. The summed E-state index contributed by atoms with van der Waals surface area (Å²) in [4.78, 5) is 51.0. The van der Waals surface area contributed by atoms with Crippen LogP contribution >= 0.6 is 0 Å². The van der Waals surface area contributed by atoms with E-state index in [9.17, 15) is 19.2 Å². The van der Waals surface area contributed by atoms with Gasteiger partial charge in [-0.15, -0.1) is 0 Å². The Morgan fingerprint density at radius 1 is 0.969 bits per heavy atom. The van der Waals surface area contributed by atoms with E-state index in [2.05, 4.69) is 5.32 Å². The van der Waals surface area contributed by atoms with Crippen LogP contribution in [0.15, 0.2) is 54.6 Å². The van der Waals surface area contributed by atoms with Gasteiger partial charge in [-0.1, -0.05) is 24.3 Å². The van der Waals surface area contributed by atoms with E-state index in [0.717, 1.165) is 11.1 Å². The van der Waals surface area contributed by atoms with Gasteiger partial charge in [-0.2, -0.15) is 0 Å². The summed E-state index contributed by atoms with van der Waals surface area (Å²) in [5, 5.41) is 2.74. The highest BCUT2D eigenvalue weighted by atomic mass is 16.5. The fourth-order valence-corrected chi connectivity index (χ4v) is 4.09. The summed E-state index contributed by atoms with van der Waals surface area (Å²) in [6, 6.07) is 11.6. The molecule has 1 N–H and O–H groups in total. The van der Waals surface area contributed by atoms with E-state index in [1.807, 2.05) is 38.1 Å². The first-order valence-corrected chi connectivity index (χ1v) is 10.5. The minimum absolute atomic E-state index is 0.206. The summed E-state index contributed by atoms with van der Waals surface area (Å²) in [5.41, 5.74) is 3.32. The summed E-state index contributed by atoms with van der Waals surface area (Å²) < 4.78 is 5.11. The lowest BCUT2D eigenvalue weighted by molar-refractivity contribution is -0.122. The van der Waals surface area contributed by atoms with Crippen molar-refractivity contribution in [2.75, 3.05) is 16.8 Å². The predicted octanol–water partition coefficient (Wildman–Crippen LogP) is 3.55. The zero-order chi connectivity index (χ0) is 22.8. The Bertz CT molecular complexity index is 1090. The van der Waals surface area contributed by atoms with Crippen molar-refractivity contribution in [3.8, 4) is 0 Å². The highest BCUT2D eigenvalue weighted by Crippen LogP contribution is 2.37. The number of esters is 1. The predicted molar refractivity (Wildman–Crippen MR) is 119 cm³/mol. The second-order valence-electron chi connectivity index (χ2n) is 8.09. The summed E-state index contributed by atoms with van der Waals surface area (Å²) in [7, 11) is 0. The second-order valence-corrected chi connectivity index (χ2v) is 8.09. The van der Waals surface area contributed by atoms with Crippen molar-refractivity contribution in [2.24, 2.45) is 11.8 Å². The molecular weight excluding hydrogens is 408 g/mol. The molecule has 1 aliphatic carbocycles. The van der Waals surface area contributed by atoms with E-state index in [1.54, 1.807) is 18.2 Å². The largest absolute Gasteiger partial charge is 0.452 e. The Kier molecular flexibility index (Phi) is 5.90. The molecule has 0 radical (unpaired) electrons. The fourth-order valence-electron chi connectivity index (χ4n) is 4.09. The average Bonchev–Trinajstić information content (AvgIpc) is 3.06. The molecule has 0 saturated carbocycles. The molecule has 0 unspecified atom stereocenters. The molecule has 2 aromatic rings. The Morgan fingerprint density at radius 3 is 2.22 bits per heavy atom. The lowest BCUT2D eigenvalue weighted by Gasteiger charge is -2.15. The van der Waals surface area contributed by atoms with Crippen LogP contribution in [-0.4, -0.2) is 30.3 Å². The first-order valence-electron chi connectivity index (χ1n) is 10.5. The van der Waals surface area contributed by atoms with Gasteiger partial charge in [-0.3, -0.25) is 19.3 Å². The van der Waals surface area contributed by atoms with Crippen LogP contribution in [0.3, 0.4) is 0 Å². The normalized spacial score (nSPS) is 19.6. The van der Waals surface area contributed by atoms with Gasteiger partial charge in [0.15, 0.2) is 6.61 Å². The smallest absolute Gasteiger partial charge is 0.338 e. The van der Waals surface area contributed by atoms with E-state index >= 15 is 0 Å². The molecule has 0 spiro atoms. The number of hydrogen-bond donors (Lipinski definition) is 1. The number of carbonyl (C=O) groups is 4. The molecular formula is C25H24N2O5. The summed E-state index contributed by atoms with van der Waals surface area (Å²) in [6.45, 7) is 3.43. The monoisotopic (exact) mass is 432 g/mol. The second kappa shape index (κ2) is 8.78. The summed E-state index contributed by atoms with van der Waals surface area (Å²) in [5.74, 6) is -2.14. The zero-order valence-corrected chi connectivity index (χ0v) is 18.0. The van der Waals surface area contributed by atoms with Crippen molar-refractivity contribution in [3.05, 3.63) is 71.3 Å². The topological polar surface area (TPSA) is 92.8 Å². The van der Waals surface area contributed by atoms with Gasteiger partial charge < -0.3 is 10.1 Å². The number of benzene rings is 2. The maximum absolute atomic E-state index is 12.7. The molecule has 2 aromatic carbocycles. The van der Waals surface area contributed by atoms with Crippen molar-refractivity contribution in [1.29, 1.82) is 0 Å². The number of anilines is 2. The van der Waals surface area contributed by atoms with Crippen LogP contribution in [0.5, 0.6) is 0 Å². The van der Waals surface area contributed by atoms with E-state index in [0.29, 0.717) is 24.2 Å². The number of amides is 3. The third-order valence-electron chi connectivity index (χ3n) is 6.08. The number of aryl methyl sites for hydroxylation is 1. The molecule has 164 valence electrons. The molecule has 0 aromatic heterocycles. The van der Waals surface area contributed by atoms with Crippen LogP contribution in [0.4, 0.5) is 11.4 Å².